The average Bonchev–Trinajstić information content (AvgIpc) is 2.37. The van der Waals surface area contributed by atoms with Crippen LogP contribution in [0.15, 0.2) is 42.5 Å². The summed E-state index contributed by atoms with van der Waals surface area (Å²) in [7, 11) is 0. The fourth-order valence-electron chi connectivity index (χ4n) is 1.84. The van der Waals surface area contributed by atoms with Gasteiger partial charge in [-0.2, -0.15) is 0 Å². The minimum Gasteiger partial charge on any atom is -0.480 e. The summed E-state index contributed by atoms with van der Waals surface area (Å²) in [5.41, 5.74) is 6.26. The topological polar surface area (TPSA) is 89.6 Å². The Morgan fingerprint density at radius 3 is 2.32 bits per heavy atom. The zero-order valence-electron chi connectivity index (χ0n) is 13.2. The number of rotatable bonds is 6. The molecule has 3 N–H and O–H groups in total. The van der Waals surface area contributed by atoms with Crippen LogP contribution in [0, 0.1) is 5.92 Å². The van der Waals surface area contributed by atoms with E-state index in [1.165, 1.54) is 12.2 Å². The fourth-order valence-corrected chi connectivity index (χ4v) is 1.84. The van der Waals surface area contributed by atoms with Crippen molar-refractivity contribution in [2.24, 2.45) is 11.7 Å². The number of carbonyl (C=O) groups excluding carboxylic acids is 1. The van der Waals surface area contributed by atoms with Gasteiger partial charge in [-0.1, -0.05) is 42.5 Å². The molecule has 5 nitrogen and oxygen atoms in total. The van der Waals surface area contributed by atoms with Gasteiger partial charge in [-0.05, 0) is 32.8 Å². The van der Waals surface area contributed by atoms with Crippen molar-refractivity contribution < 1.29 is 19.4 Å². The van der Waals surface area contributed by atoms with Crippen LogP contribution in [0.2, 0.25) is 0 Å². The number of esters is 1. The first-order chi connectivity index (χ1) is 10.2. The lowest BCUT2D eigenvalue weighted by Crippen LogP contribution is -2.32. The molecule has 0 aliphatic rings. The van der Waals surface area contributed by atoms with E-state index in [1.807, 2.05) is 30.3 Å². The van der Waals surface area contributed by atoms with Crippen LogP contribution in [0.25, 0.3) is 0 Å². The quantitative estimate of drug-likeness (QED) is 0.477. The van der Waals surface area contributed by atoms with E-state index in [-0.39, 0.29) is 6.04 Å². The minimum absolute atomic E-state index is 0.369. The predicted molar refractivity (Wildman–Crippen MR) is 84.2 cm³/mol. The number of hydrogen-bond donors (Lipinski definition) is 2. The molecule has 5 heteroatoms. The summed E-state index contributed by atoms with van der Waals surface area (Å²) in [5.74, 6) is -3.39. The molecule has 0 aliphatic heterocycles. The van der Waals surface area contributed by atoms with Crippen LogP contribution in [0.3, 0.4) is 0 Å². The first-order valence-corrected chi connectivity index (χ1v) is 7.12. The van der Waals surface area contributed by atoms with Crippen LogP contribution in [0.1, 0.15) is 26.3 Å². The largest absolute Gasteiger partial charge is 0.480 e. The minimum atomic E-state index is -1.35. The van der Waals surface area contributed by atoms with E-state index in [0.717, 1.165) is 5.56 Å². The molecule has 22 heavy (non-hydrogen) atoms. The highest BCUT2D eigenvalue weighted by Crippen LogP contribution is 2.13. The SMILES string of the molecule is CC(C)(C)OC(=O)C(/C=C/C(N)Cc1ccccc1)C(=O)O. The summed E-state index contributed by atoms with van der Waals surface area (Å²) >= 11 is 0. The third kappa shape index (κ3) is 6.54. The molecule has 2 unspecified atom stereocenters. The average molecular weight is 305 g/mol. The summed E-state index contributed by atoms with van der Waals surface area (Å²) < 4.78 is 5.10. The van der Waals surface area contributed by atoms with Crippen LogP contribution < -0.4 is 5.73 Å². The van der Waals surface area contributed by atoms with E-state index in [9.17, 15) is 9.59 Å². The van der Waals surface area contributed by atoms with Gasteiger partial charge in [0.2, 0.25) is 0 Å². The Morgan fingerprint density at radius 2 is 1.82 bits per heavy atom. The van der Waals surface area contributed by atoms with Crippen molar-refractivity contribution in [2.75, 3.05) is 0 Å². The van der Waals surface area contributed by atoms with Gasteiger partial charge in [-0.15, -0.1) is 0 Å². The number of nitrogens with two attached hydrogens (primary N) is 1. The van der Waals surface area contributed by atoms with Crippen molar-refractivity contribution in [3.05, 3.63) is 48.0 Å². The zero-order chi connectivity index (χ0) is 16.8. The van der Waals surface area contributed by atoms with Crippen molar-refractivity contribution in [2.45, 2.75) is 38.8 Å². The Bertz CT molecular complexity index is 531. The number of aliphatic carboxylic acids is 1. The van der Waals surface area contributed by atoms with Crippen molar-refractivity contribution in [3.8, 4) is 0 Å². The van der Waals surface area contributed by atoms with Gasteiger partial charge in [0.25, 0.3) is 0 Å². The fraction of sp³-hybridized carbons (Fsp3) is 0.412. The standard InChI is InChI=1S/C17H23NO4/c1-17(2,3)22-16(21)14(15(19)20)10-9-13(18)11-12-7-5-4-6-8-12/h4-10,13-14H,11,18H2,1-3H3,(H,19,20)/b10-9+. The van der Waals surface area contributed by atoms with Gasteiger partial charge in [-0.25, -0.2) is 0 Å². The second-order valence-corrected chi connectivity index (χ2v) is 6.09. The van der Waals surface area contributed by atoms with Crippen LogP contribution in [-0.4, -0.2) is 28.7 Å². The van der Waals surface area contributed by atoms with Crippen molar-refractivity contribution in [3.63, 3.8) is 0 Å². The van der Waals surface area contributed by atoms with Crippen LogP contribution in [0.5, 0.6) is 0 Å². The Kier molecular flexibility index (Phi) is 6.31. The number of ether oxygens (including phenoxy) is 1. The van der Waals surface area contributed by atoms with Gasteiger partial charge in [0.05, 0.1) is 0 Å². The molecule has 1 aromatic rings. The molecule has 1 rings (SSSR count). The molecule has 120 valence electrons. The van der Waals surface area contributed by atoms with E-state index < -0.39 is 23.5 Å². The molecule has 0 aliphatic carbocycles. The number of benzene rings is 1. The van der Waals surface area contributed by atoms with Crippen molar-refractivity contribution >= 4 is 11.9 Å². The first-order valence-electron chi connectivity index (χ1n) is 7.12. The maximum atomic E-state index is 11.9. The molecule has 2 atom stereocenters. The lowest BCUT2D eigenvalue weighted by molar-refractivity contribution is -0.164. The van der Waals surface area contributed by atoms with Gasteiger partial charge in [0.15, 0.2) is 5.92 Å². The lowest BCUT2D eigenvalue weighted by Gasteiger charge is -2.21. The van der Waals surface area contributed by atoms with Gasteiger partial charge >= 0.3 is 11.9 Å². The molecule has 1 aromatic carbocycles. The molecule has 0 heterocycles. The number of hydrogen-bond acceptors (Lipinski definition) is 4. The van der Waals surface area contributed by atoms with E-state index >= 15 is 0 Å². The van der Waals surface area contributed by atoms with Crippen molar-refractivity contribution in [1.82, 2.24) is 0 Å². The van der Waals surface area contributed by atoms with Gasteiger partial charge in [0, 0.05) is 6.04 Å². The molecule has 0 saturated heterocycles. The van der Waals surface area contributed by atoms with Crippen LogP contribution >= 0.6 is 0 Å². The highest BCUT2D eigenvalue weighted by molar-refractivity contribution is 5.96. The molecule has 0 saturated carbocycles. The smallest absolute Gasteiger partial charge is 0.324 e. The highest BCUT2D eigenvalue weighted by Gasteiger charge is 2.28. The Hall–Kier alpha value is -2.14. The van der Waals surface area contributed by atoms with Gasteiger partial charge in [0.1, 0.15) is 5.60 Å². The van der Waals surface area contributed by atoms with E-state index in [0.29, 0.717) is 6.42 Å². The second-order valence-electron chi connectivity index (χ2n) is 6.09. The molecule has 0 bridgehead atoms. The number of carboxylic acids is 1. The second kappa shape index (κ2) is 7.75. The third-order valence-electron chi connectivity index (χ3n) is 2.79. The molecule has 0 radical (unpaired) electrons. The summed E-state index contributed by atoms with van der Waals surface area (Å²) in [6.07, 6.45) is 3.40. The molecular formula is C17H23NO4. The highest BCUT2D eigenvalue weighted by atomic mass is 16.6. The summed E-state index contributed by atoms with van der Waals surface area (Å²) in [6.45, 7) is 5.07. The van der Waals surface area contributed by atoms with Gasteiger partial charge in [-0.3, -0.25) is 9.59 Å². The number of carboxylic acid groups (broad SMARTS) is 1. The third-order valence-corrected chi connectivity index (χ3v) is 2.79. The van der Waals surface area contributed by atoms with Gasteiger partial charge < -0.3 is 15.6 Å². The van der Waals surface area contributed by atoms with Crippen molar-refractivity contribution in [1.29, 1.82) is 0 Å². The van der Waals surface area contributed by atoms with E-state index in [4.69, 9.17) is 15.6 Å². The Balaban J connectivity index is 2.69. The predicted octanol–water partition coefficient (Wildman–Crippen LogP) is 2.16. The number of carbonyl (C=O) groups is 2. The first kappa shape index (κ1) is 17.9. The monoisotopic (exact) mass is 305 g/mol. The molecule has 0 fully saturated rings. The molecular weight excluding hydrogens is 282 g/mol. The summed E-state index contributed by atoms with van der Waals surface area (Å²) in [4.78, 5) is 23.1. The van der Waals surface area contributed by atoms with E-state index in [1.54, 1.807) is 20.8 Å². The normalized spacial score (nSPS) is 14.5. The summed E-state index contributed by atoms with van der Waals surface area (Å²) in [6, 6.07) is 9.24. The lowest BCUT2D eigenvalue weighted by atomic mass is 10.0. The molecule has 0 amide bonds. The molecule has 0 spiro atoms. The van der Waals surface area contributed by atoms with Crippen LogP contribution in [-0.2, 0) is 20.7 Å². The Morgan fingerprint density at radius 1 is 1.23 bits per heavy atom. The Labute approximate surface area is 130 Å². The molecule has 0 aromatic heterocycles. The maximum Gasteiger partial charge on any atom is 0.324 e. The maximum absolute atomic E-state index is 11.9. The van der Waals surface area contributed by atoms with Crippen LogP contribution in [0.4, 0.5) is 0 Å². The zero-order valence-corrected chi connectivity index (χ0v) is 13.2. The van der Waals surface area contributed by atoms with E-state index in [2.05, 4.69) is 0 Å². The summed E-state index contributed by atoms with van der Waals surface area (Å²) in [5, 5.41) is 9.15.